The van der Waals surface area contributed by atoms with Gasteiger partial charge in [-0.15, -0.1) is 0 Å². The minimum absolute atomic E-state index is 0.0320. The van der Waals surface area contributed by atoms with E-state index in [1.165, 1.54) is 24.4 Å². The van der Waals surface area contributed by atoms with E-state index in [0.717, 1.165) is 11.1 Å². The summed E-state index contributed by atoms with van der Waals surface area (Å²) in [5.41, 5.74) is 1.39. The molecule has 0 atom stereocenters. The maximum Gasteiger partial charge on any atom is 0.278 e. The van der Waals surface area contributed by atoms with Crippen molar-refractivity contribution in [2.24, 2.45) is 0 Å². The summed E-state index contributed by atoms with van der Waals surface area (Å²) in [5, 5.41) is 22.1. The highest BCUT2D eigenvalue weighted by molar-refractivity contribution is 5.99. The number of carbonyl (C=O) groups is 1. The number of phenolic OH excluding ortho intramolecular Hbond substituents is 1. The summed E-state index contributed by atoms with van der Waals surface area (Å²) in [6.07, 6.45) is 3.13. The highest BCUT2D eigenvalue weighted by Crippen LogP contribution is 2.33. The average Bonchev–Trinajstić information content (AvgIpc) is 2.72. The van der Waals surface area contributed by atoms with E-state index >= 15 is 0 Å². The highest BCUT2D eigenvalue weighted by Gasteiger charge is 2.24. The van der Waals surface area contributed by atoms with E-state index in [1.807, 2.05) is 0 Å². The molecule has 1 saturated heterocycles. The van der Waals surface area contributed by atoms with Gasteiger partial charge in [0, 0.05) is 61.3 Å². The summed E-state index contributed by atoms with van der Waals surface area (Å²) in [7, 11) is 0. The molecule has 1 amide bonds. The molecule has 8 heteroatoms. The molecule has 28 heavy (non-hydrogen) atoms. The number of phenols is 1. The molecule has 0 spiro atoms. The van der Waals surface area contributed by atoms with Gasteiger partial charge < -0.3 is 14.9 Å². The van der Waals surface area contributed by atoms with E-state index in [0.29, 0.717) is 37.1 Å². The number of rotatable bonds is 3. The van der Waals surface area contributed by atoms with E-state index in [9.17, 15) is 20.0 Å². The number of non-ortho nitro benzene ring substituents is 1. The van der Waals surface area contributed by atoms with Crippen molar-refractivity contribution in [3.63, 3.8) is 0 Å². The Hall–Kier alpha value is -3.68. The van der Waals surface area contributed by atoms with Crippen molar-refractivity contribution in [1.29, 1.82) is 0 Å². The Balaban J connectivity index is 1.55. The van der Waals surface area contributed by atoms with Gasteiger partial charge in [0.1, 0.15) is 5.75 Å². The topological polar surface area (TPSA) is 99.8 Å². The summed E-state index contributed by atoms with van der Waals surface area (Å²) in [6.45, 7) is 2.27. The highest BCUT2D eigenvalue weighted by atomic mass is 16.6. The molecular weight excluding hydrogens is 360 g/mol. The third-order valence-corrected chi connectivity index (χ3v) is 4.97. The van der Waals surface area contributed by atoms with Crippen LogP contribution in [0.2, 0.25) is 0 Å². The fraction of sp³-hybridized carbons (Fsp3) is 0.200. The zero-order valence-electron chi connectivity index (χ0n) is 15.0. The lowest BCUT2D eigenvalue weighted by atomic mass is 10.1. The standard InChI is InChI=1S/C20H18N4O4/c25-15-3-1-2-14(12-15)20(26)23-10-8-22(9-11-23)18-4-5-19(24(27)28)17-13-21-7-6-16(17)18/h1-7,12-13,25H,8-11H2. The van der Waals surface area contributed by atoms with Gasteiger partial charge in [0.15, 0.2) is 0 Å². The lowest BCUT2D eigenvalue weighted by molar-refractivity contribution is -0.383. The largest absolute Gasteiger partial charge is 0.508 e. The summed E-state index contributed by atoms with van der Waals surface area (Å²) in [4.78, 5) is 31.4. The van der Waals surface area contributed by atoms with Crippen molar-refractivity contribution in [3.05, 3.63) is 70.5 Å². The molecule has 0 bridgehead atoms. The fourth-order valence-corrected chi connectivity index (χ4v) is 3.57. The number of anilines is 1. The second kappa shape index (κ2) is 7.15. The summed E-state index contributed by atoms with van der Waals surface area (Å²) in [6, 6.07) is 11.4. The fourth-order valence-electron chi connectivity index (χ4n) is 3.57. The van der Waals surface area contributed by atoms with Crippen molar-refractivity contribution >= 4 is 28.1 Å². The number of aromatic hydroxyl groups is 1. The number of amides is 1. The average molecular weight is 378 g/mol. The quantitative estimate of drug-likeness (QED) is 0.556. The molecule has 0 aliphatic carbocycles. The van der Waals surface area contributed by atoms with Gasteiger partial charge in [0.25, 0.3) is 11.6 Å². The Bertz CT molecular complexity index is 1060. The van der Waals surface area contributed by atoms with Crippen LogP contribution in [0.25, 0.3) is 10.8 Å². The van der Waals surface area contributed by atoms with Crippen LogP contribution in [0, 0.1) is 10.1 Å². The maximum absolute atomic E-state index is 12.6. The first kappa shape index (κ1) is 17.7. The molecule has 1 aliphatic rings. The summed E-state index contributed by atoms with van der Waals surface area (Å²) >= 11 is 0. The number of pyridine rings is 1. The van der Waals surface area contributed by atoms with Gasteiger partial charge in [-0.2, -0.15) is 0 Å². The molecule has 4 rings (SSSR count). The number of nitro groups is 1. The van der Waals surface area contributed by atoms with E-state index in [-0.39, 0.29) is 17.3 Å². The predicted molar refractivity (Wildman–Crippen MR) is 105 cm³/mol. The number of aromatic nitrogens is 1. The van der Waals surface area contributed by atoms with Crippen LogP contribution in [0.3, 0.4) is 0 Å². The number of benzene rings is 2. The minimum Gasteiger partial charge on any atom is -0.508 e. The number of fused-ring (bicyclic) bond motifs is 1. The van der Waals surface area contributed by atoms with Crippen molar-refractivity contribution < 1.29 is 14.8 Å². The molecule has 1 aliphatic heterocycles. The smallest absolute Gasteiger partial charge is 0.278 e. The lowest BCUT2D eigenvalue weighted by Gasteiger charge is -2.36. The predicted octanol–water partition coefficient (Wildman–Crippen LogP) is 2.81. The Morgan fingerprint density at radius 3 is 2.57 bits per heavy atom. The lowest BCUT2D eigenvalue weighted by Crippen LogP contribution is -2.48. The van der Waals surface area contributed by atoms with Crippen LogP contribution in [0.15, 0.2) is 54.9 Å². The van der Waals surface area contributed by atoms with Gasteiger partial charge >= 0.3 is 0 Å². The van der Waals surface area contributed by atoms with Crippen LogP contribution >= 0.6 is 0 Å². The number of nitrogens with zero attached hydrogens (tertiary/aromatic N) is 4. The van der Waals surface area contributed by atoms with E-state index in [1.54, 1.807) is 35.4 Å². The number of hydrogen-bond donors (Lipinski definition) is 1. The Morgan fingerprint density at radius 2 is 1.86 bits per heavy atom. The summed E-state index contributed by atoms with van der Waals surface area (Å²) < 4.78 is 0. The molecule has 1 N–H and O–H groups in total. The molecule has 0 saturated carbocycles. The monoisotopic (exact) mass is 378 g/mol. The molecule has 3 aromatic rings. The van der Waals surface area contributed by atoms with Crippen LogP contribution in [-0.4, -0.2) is 52.0 Å². The number of nitro benzene ring substituents is 1. The first-order valence-corrected chi connectivity index (χ1v) is 8.89. The van der Waals surface area contributed by atoms with E-state index in [4.69, 9.17) is 0 Å². The molecule has 1 fully saturated rings. The molecule has 8 nitrogen and oxygen atoms in total. The van der Waals surface area contributed by atoms with Crippen molar-refractivity contribution in [2.45, 2.75) is 0 Å². The third kappa shape index (κ3) is 3.20. The van der Waals surface area contributed by atoms with Gasteiger partial charge in [-0.25, -0.2) is 0 Å². The third-order valence-electron chi connectivity index (χ3n) is 4.97. The molecular formula is C20H18N4O4. The number of carbonyl (C=O) groups excluding carboxylic acids is 1. The van der Waals surface area contributed by atoms with Gasteiger partial charge in [-0.05, 0) is 30.3 Å². The molecule has 0 radical (unpaired) electrons. The minimum atomic E-state index is -0.403. The zero-order chi connectivity index (χ0) is 19.7. The first-order chi connectivity index (χ1) is 13.5. The molecule has 1 aromatic heterocycles. The number of hydrogen-bond acceptors (Lipinski definition) is 6. The van der Waals surface area contributed by atoms with Crippen LogP contribution < -0.4 is 4.90 Å². The van der Waals surface area contributed by atoms with E-state index < -0.39 is 4.92 Å². The molecule has 2 heterocycles. The molecule has 2 aromatic carbocycles. The van der Waals surface area contributed by atoms with Gasteiger partial charge in [0.05, 0.1) is 10.3 Å². The zero-order valence-corrected chi connectivity index (χ0v) is 15.0. The Kier molecular flexibility index (Phi) is 4.52. The second-order valence-corrected chi connectivity index (χ2v) is 6.61. The van der Waals surface area contributed by atoms with Crippen LogP contribution in [0.4, 0.5) is 11.4 Å². The van der Waals surface area contributed by atoms with E-state index in [2.05, 4.69) is 9.88 Å². The normalized spacial score (nSPS) is 14.3. The summed E-state index contributed by atoms with van der Waals surface area (Å²) in [5.74, 6) is -0.0521. The van der Waals surface area contributed by atoms with Gasteiger partial charge in [0.2, 0.25) is 0 Å². The van der Waals surface area contributed by atoms with Gasteiger partial charge in [-0.1, -0.05) is 6.07 Å². The Labute approximate surface area is 160 Å². The van der Waals surface area contributed by atoms with Crippen molar-refractivity contribution in [2.75, 3.05) is 31.1 Å². The maximum atomic E-state index is 12.6. The second-order valence-electron chi connectivity index (χ2n) is 6.61. The van der Waals surface area contributed by atoms with Crippen molar-refractivity contribution in [1.82, 2.24) is 9.88 Å². The van der Waals surface area contributed by atoms with Crippen LogP contribution in [0.1, 0.15) is 10.4 Å². The SMILES string of the molecule is O=C(c1cccc(O)c1)N1CCN(c2ccc([N+](=O)[O-])c3cnccc23)CC1. The molecule has 142 valence electrons. The molecule has 0 unspecified atom stereocenters. The Morgan fingerprint density at radius 1 is 1.07 bits per heavy atom. The first-order valence-electron chi connectivity index (χ1n) is 8.89. The van der Waals surface area contributed by atoms with Crippen molar-refractivity contribution in [3.8, 4) is 5.75 Å². The number of piperazine rings is 1. The van der Waals surface area contributed by atoms with Crippen LogP contribution in [0.5, 0.6) is 5.75 Å². The van der Waals surface area contributed by atoms with Crippen LogP contribution in [-0.2, 0) is 0 Å². The van der Waals surface area contributed by atoms with Gasteiger partial charge in [-0.3, -0.25) is 19.9 Å².